The van der Waals surface area contributed by atoms with Crippen LogP contribution < -0.4 is 0 Å². The number of alkyl halides is 3. The molecule has 3 nitrogen and oxygen atoms in total. The summed E-state index contributed by atoms with van der Waals surface area (Å²) in [6.45, 7) is 0. The molecule has 2 rings (SSSR count). The van der Waals surface area contributed by atoms with Gasteiger partial charge in [0.25, 0.3) is 0 Å². The molecule has 0 spiro atoms. The Hall–Kier alpha value is -1.82. The normalized spacial score (nSPS) is 11.6. The fourth-order valence-electron chi connectivity index (χ4n) is 1.38. The lowest BCUT2D eigenvalue weighted by atomic mass is 10.2. The molecule has 0 saturated carbocycles. The minimum atomic E-state index is -4.45. The molecule has 0 unspecified atom stereocenters. The van der Waals surface area contributed by atoms with Crippen LogP contribution in [0.3, 0.4) is 0 Å². The van der Waals surface area contributed by atoms with E-state index < -0.39 is 11.7 Å². The largest absolute Gasteiger partial charge is 0.419 e. The van der Waals surface area contributed by atoms with Crippen molar-refractivity contribution in [2.24, 2.45) is 0 Å². The summed E-state index contributed by atoms with van der Waals surface area (Å²) >= 11 is 5.87. The molecule has 0 aliphatic carbocycles. The summed E-state index contributed by atoms with van der Waals surface area (Å²) in [5.74, 6) is 0. The van der Waals surface area contributed by atoms with Gasteiger partial charge in [-0.1, -0.05) is 11.6 Å². The van der Waals surface area contributed by atoms with Crippen LogP contribution in [-0.2, 0) is 6.18 Å². The lowest BCUT2D eigenvalue weighted by Crippen LogP contribution is -2.03. The SMILES string of the molecule is O=Cc1ccc(-n2cc(C(F)(F)F)cn2)c(Cl)c1. The Morgan fingerprint density at radius 1 is 1.33 bits per heavy atom. The van der Waals surface area contributed by atoms with Crippen LogP contribution in [0.25, 0.3) is 5.69 Å². The molecule has 0 atom stereocenters. The molecule has 1 heterocycles. The van der Waals surface area contributed by atoms with Crippen LogP contribution >= 0.6 is 11.6 Å². The summed E-state index contributed by atoms with van der Waals surface area (Å²) in [4.78, 5) is 10.5. The summed E-state index contributed by atoms with van der Waals surface area (Å²) in [6.07, 6.45) is -2.31. The Balaban J connectivity index is 2.43. The van der Waals surface area contributed by atoms with Gasteiger partial charge in [0.05, 0.1) is 22.5 Å². The number of halogens is 4. The van der Waals surface area contributed by atoms with Gasteiger partial charge in [0.15, 0.2) is 0 Å². The molecule has 0 amide bonds. The maximum atomic E-state index is 12.4. The van der Waals surface area contributed by atoms with Crippen molar-refractivity contribution in [1.29, 1.82) is 0 Å². The highest BCUT2D eigenvalue weighted by atomic mass is 35.5. The minimum Gasteiger partial charge on any atom is -0.298 e. The predicted octanol–water partition coefficient (Wildman–Crippen LogP) is 3.36. The summed E-state index contributed by atoms with van der Waals surface area (Å²) in [5.41, 5.74) is -0.247. The van der Waals surface area contributed by atoms with Gasteiger partial charge < -0.3 is 0 Å². The molecular formula is C11H6ClF3N2O. The smallest absolute Gasteiger partial charge is 0.298 e. The fraction of sp³-hybridized carbons (Fsp3) is 0.0909. The molecule has 94 valence electrons. The first-order valence-electron chi connectivity index (χ1n) is 4.79. The number of carbonyl (C=O) groups excluding carboxylic acids is 1. The maximum absolute atomic E-state index is 12.4. The van der Waals surface area contributed by atoms with E-state index in [2.05, 4.69) is 5.10 Å². The molecule has 18 heavy (non-hydrogen) atoms. The Morgan fingerprint density at radius 3 is 2.56 bits per heavy atom. The van der Waals surface area contributed by atoms with Crippen molar-refractivity contribution in [3.05, 3.63) is 46.7 Å². The zero-order valence-electron chi connectivity index (χ0n) is 8.78. The molecule has 0 radical (unpaired) electrons. The van der Waals surface area contributed by atoms with Crippen LogP contribution in [0.4, 0.5) is 13.2 Å². The Bertz CT molecular complexity index is 592. The van der Waals surface area contributed by atoms with Crippen molar-refractivity contribution in [3.8, 4) is 5.69 Å². The highest BCUT2D eigenvalue weighted by Gasteiger charge is 2.32. The molecule has 0 saturated heterocycles. The number of hydrogen-bond acceptors (Lipinski definition) is 2. The third kappa shape index (κ3) is 2.38. The Kier molecular flexibility index (Phi) is 3.13. The molecule has 0 aliphatic heterocycles. The molecule has 2 aromatic rings. The van der Waals surface area contributed by atoms with E-state index in [9.17, 15) is 18.0 Å². The molecule has 0 N–H and O–H groups in total. The number of aromatic nitrogens is 2. The van der Waals surface area contributed by atoms with E-state index in [-0.39, 0.29) is 10.7 Å². The Morgan fingerprint density at radius 2 is 2.06 bits per heavy atom. The summed E-state index contributed by atoms with van der Waals surface area (Å²) < 4.78 is 38.2. The predicted molar refractivity (Wildman–Crippen MR) is 59.0 cm³/mol. The summed E-state index contributed by atoms with van der Waals surface area (Å²) in [7, 11) is 0. The molecule has 1 aromatic carbocycles. The molecule has 0 aliphatic rings. The molecule has 0 bridgehead atoms. The van der Waals surface area contributed by atoms with E-state index in [0.29, 0.717) is 18.0 Å². The average Bonchev–Trinajstić information content (AvgIpc) is 2.77. The lowest BCUT2D eigenvalue weighted by molar-refractivity contribution is -0.137. The third-order valence-corrected chi connectivity index (χ3v) is 2.57. The second-order valence-electron chi connectivity index (χ2n) is 3.50. The van der Waals surface area contributed by atoms with Crippen molar-refractivity contribution in [3.63, 3.8) is 0 Å². The Labute approximate surface area is 105 Å². The highest BCUT2D eigenvalue weighted by molar-refractivity contribution is 6.32. The zero-order valence-corrected chi connectivity index (χ0v) is 9.53. The van der Waals surface area contributed by atoms with Crippen molar-refractivity contribution in [1.82, 2.24) is 9.78 Å². The van der Waals surface area contributed by atoms with E-state index >= 15 is 0 Å². The quantitative estimate of drug-likeness (QED) is 0.787. The van der Waals surface area contributed by atoms with E-state index in [1.54, 1.807) is 0 Å². The van der Waals surface area contributed by atoms with Crippen molar-refractivity contribution >= 4 is 17.9 Å². The summed E-state index contributed by atoms with van der Waals surface area (Å²) in [6, 6.07) is 4.24. The van der Waals surface area contributed by atoms with Crippen LogP contribution in [0.2, 0.25) is 5.02 Å². The molecule has 0 fully saturated rings. The number of benzene rings is 1. The lowest BCUT2D eigenvalue weighted by Gasteiger charge is -2.05. The first-order chi connectivity index (χ1) is 8.41. The van der Waals surface area contributed by atoms with Crippen LogP contribution in [0, 0.1) is 0 Å². The summed E-state index contributed by atoms with van der Waals surface area (Å²) in [5, 5.41) is 3.74. The van der Waals surface area contributed by atoms with Crippen molar-refractivity contribution in [2.75, 3.05) is 0 Å². The average molecular weight is 275 g/mol. The van der Waals surface area contributed by atoms with Gasteiger partial charge in [0.1, 0.15) is 6.29 Å². The van der Waals surface area contributed by atoms with E-state index in [4.69, 9.17) is 11.6 Å². The van der Waals surface area contributed by atoms with Gasteiger partial charge in [0.2, 0.25) is 0 Å². The van der Waals surface area contributed by atoms with Crippen molar-refractivity contribution < 1.29 is 18.0 Å². The molecule has 7 heteroatoms. The number of nitrogens with zero attached hydrogens (tertiary/aromatic N) is 2. The van der Waals surface area contributed by atoms with Gasteiger partial charge in [0, 0.05) is 11.8 Å². The number of carbonyl (C=O) groups is 1. The topological polar surface area (TPSA) is 34.9 Å². The fourth-order valence-corrected chi connectivity index (χ4v) is 1.66. The van der Waals surface area contributed by atoms with Crippen LogP contribution in [0.1, 0.15) is 15.9 Å². The monoisotopic (exact) mass is 274 g/mol. The van der Waals surface area contributed by atoms with Gasteiger partial charge in [-0.15, -0.1) is 0 Å². The van der Waals surface area contributed by atoms with Gasteiger partial charge in [-0.25, -0.2) is 4.68 Å². The highest BCUT2D eigenvalue weighted by Crippen LogP contribution is 2.30. The third-order valence-electron chi connectivity index (χ3n) is 2.26. The first-order valence-corrected chi connectivity index (χ1v) is 5.16. The van der Waals surface area contributed by atoms with Gasteiger partial charge in [-0.2, -0.15) is 18.3 Å². The second kappa shape index (κ2) is 4.45. The minimum absolute atomic E-state index is 0.149. The van der Waals surface area contributed by atoms with E-state index in [1.807, 2.05) is 0 Å². The number of hydrogen-bond donors (Lipinski definition) is 0. The van der Waals surface area contributed by atoms with Gasteiger partial charge in [-0.05, 0) is 18.2 Å². The first kappa shape index (κ1) is 12.6. The number of rotatable bonds is 2. The van der Waals surface area contributed by atoms with E-state index in [0.717, 1.165) is 10.9 Å². The second-order valence-corrected chi connectivity index (χ2v) is 3.91. The molecule has 1 aromatic heterocycles. The standard InChI is InChI=1S/C11H6ClF3N2O/c12-9-3-7(6-18)1-2-10(9)17-5-8(4-16-17)11(13,14)15/h1-6H. The maximum Gasteiger partial charge on any atom is 0.419 e. The van der Waals surface area contributed by atoms with Crippen LogP contribution in [-0.4, -0.2) is 16.1 Å². The van der Waals surface area contributed by atoms with Gasteiger partial charge in [-0.3, -0.25) is 4.79 Å². The van der Waals surface area contributed by atoms with Crippen LogP contribution in [0.15, 0.2) is 30.6 Å². The van der Waals surface area contributed by atoms with Crippen LogP contribution in [0.5, 0.6) is 0 Å². The number of aldehydes is 1. The molecular weight excluding hydrogens is 269 g/mol. The van der Waals surface area contributed by atoms with Gasteiger partial charge >= 0.3 is 6.18 Å². The van der Waals surface area contributed by atoms with E-state index in [1.165, 1.54) is 18.2 Å². The van der Waals surface area contributed by atoms with Crippen molar-refractivity contribution in [2.45, 2.75) is 6.18 Å². The zero-order chi connectivity index (χ0) is 13.3.